The summed E-state index contributed by atoms with van der Waals surface area (Å²) in [4.78, 5) is 12.7. The summed E-state index contributed by atoms with van der Waals surface area (Å²) in [6.07, 6.45) is 1.70. The number of rotatable bonds is 5. The van der Waals surface area contributed by atoms with Gasteiger partial charge in [-0.25, -0.2) is 9.07 Å². The van der Waals surface area contributed by atoms with Gasteiger partial charge in [0, 0.05) is 12.7 Å². The van der Waals surface area contributed by atoms with Gasteiger partial charge in [-0.05, 0) is 48.4 Å². The van der Waals surface area contributed by atoms with Crippen LogP contribution in [0.3, 0.4) is 0 Å². The number of aromatic nitrogens is 4. The molecule has 0 unspecified atom stereocenters. The smallest absolute Gasteiger partial charge is 0.256 e. The first-order valence-electron chi connectivity index (χ1n) is 8.91. The van der Waals surface area contributed by atoms with Gasteiger partial charge >= 0.3 is 0 Å². The van der Waals surface area contributed by atoms with Crippen LogP contribution in [-0.4, -0.2) is 25.9 Å². The zero-order valence-electron chi connectivity index (χ0n) is 15.5. The van der Waals surface area contributed by atoms with Gasteiger partial charge in [-0.15, -0.1) is 0 Å². The fourth-order valence-electron chi connectivity index (χ4n) is 3.00. The van der Waals surface area contributed by atoms with E-state index in [9.17, 15) is 9.18 Å². The first-order valence-corrected chi connectivity index (χ1v) is 9.28. The van der Waals surface area contributed by atoms with E-state index in [4.69, 9.17) is 11.6 Å². The third-order valence-corrected chi connectivity index (χ3v) is 4.87. The van der Waals surface area contributed by atoms with Crippen LogP contribution in [0.15, 0.2) is 60.8 Å². The number of carbonyl (C=O) groups is 1. The molecule has 0 fully saturated rings. The van der Waals surface area contributed by atoms with Crippen molar-refractivity contribution in [3.63, 3.8) is 0 Å². The minimum absolute atomic E-state index is 0.182. The second-order valence-corrected chi connectivity index (χ2v) is 6.85. The van der Waals surface area contributed by atoms with Crippen LogP contribution < -0.4 is 5.32 Å². The quantitative estimate of drug-likeness (QED) is 0.516. The second-order valence-electron chi connectivity index (χ2n) is 6.49. The molecule has 0 bridgehead atoms. The van der Waals surface area contributed by atoms with Crippen LogP contribution in [0.5, 0.6) is 0 Å². The lowest BCUT2D eigenvalue weighted by Gasteiger charge is -2.07. The number of H-pyrrole nitrogens is 1. The van der Waals surface area contributed by atoms with Crippen molar-refractivity contribution in [3.8, 4) is 16.9 Å². The van der Waals surface area contributed by atoms with Crippen molar-refractivity contribution in [1.29, 1.82) is 0 Å². The van der Waals surface area contributed by atoms with Crippen molar-refractivity contribution in [3.05, 3.63) is 88.6 Å². The van der Waals surface area contributed by atoms with Gasteiger partial charge in [0.15, 0.2) is 0 Å². The molecule has 6 nitrogen and oxygen atoms in total. The van der Waals surface area contributed by atoms with Crippen LogP contribution in [0.1, 0.15) is 21.6 Å². The van der Waals surface area contributed by atoms with Crippen LogP contribution in [0.25, 0.3) is 16.9 Å². The molecular formula is C21H17ClFN5O. The molecule has 2 aromatic carbocycles. The highest BCUT2D eigenvalue weighted by Crippen LogP contribution is 2.24. The van der Waals surface area contributed by atoms with Crippen LogP contribution in [-0.2, 0) is 6.54 Å². The van der Waals surface area contributed by atoms with E-state index in [1.165, 1.54) is 16.8 Å². The van der Waals surface area contributed by atoms with Crippen LogP contribution >= 0.6 is 11.6 Å². The Balaban J connectivity index is 1.48. The monoisotopic (exact) mass is 409 g/mol. The number of aromatic amines is 1. The third kappa shape index (κ3) is 3.90. The first-order chi connectivity index (χ1) is 14.0. The number of carbonyl (C=O) groups excluding carboxylic acids is 1. The summed E-state index contributed by atoms with van der Waals surface area (Å²) in [6, 6.07) is 15.4. The van der Waals surface area contributed by atoms with Crippen LogP contribution in [0, 0.1) is 12.7 Å². The fraction of sp³-hybridized carbons (Fsp3) is 0.0952. The first kappa shape index (κ1) is 18.9. The number of hydrogen-bond acceptors (Lipinski definition) is 3. The molecule has 0 saturated carbocycles. The topological polar surface area (TPSA) is 75.6 Å². The maximum atomic E-state index is 13.2. The summed E-state index contributed by atoms with van der Waals surface area (Å²) in [5, 5.41) is 14.2. The molecule has 29 heavy (non-hydrogen) atoms. The standard InChI is InChI=1S/C21H17ClFN5O/c1-13-19(20(22)28(27-13)17-8-6-16(23)7-9-17)21(29)24-12-14-2-4-15(5-3-14)18-10-11-25-26-18/h2-11H,12H2,1H3,(H,24,29)(H,25,26). The molecule has 0 spiro atoms. The zero-order chi connectivity index (χ0) is 20.4. The largest absolute Gasteiger partial charge is 0.348 e. The summed E-state index contributed by atoms with van der Waals surface area (Å²) in [5.41, 5.74) is 4.25. The van der Waals surface area contributed by atoms with Crippen molar-refractivity contribution in [2.75, 3.05) is 0 Å². The Labute approximate surface area is 171 Å². The second kappa shape index (κ2) is 7.89. The maximum Gasteiger partial charge on any atom is 0.256 e. The van der Waals surface area contributed by atoms with E-state index >= 15 is 0 Å². The summed E-state index contributed by atoms with van der Waals surface area (Å²) < 4.78 is 14.6. The number of nitrogens with zero attached hydrogens (tertiary/aromatic N) is 3. The number of amides is 1. The molecule has 4 aromatic rings. The number of benzene rings is 2. The molecule has 2 aromatic heterocycles. The molecule has 8 heteroatoms. The molecule has 146 valence electrons. The van der Waals surface area contributed by atoms with E-state index in [0.29, 0.717) is 23.5 Å². The number of halogens is 2. The summed E-state index contributed by atoms with van der Waals surface area (Å²) in [6.45, 7) is 2.06. The third-order valence-electron chi connectivity index (χ3n) is 4.52. The molecule has 0 saturated heterocycles. The van der Waals surface area contributed by atoms with Crippen LogP contribution in [0.2, 0.25) is 5.15 Å². The Morgan fingerprint density at radius 3 is 2.52 bits per heavy atom. The van der Waals surface area contributed by atoms with E-state index < -0.39 is 0 Å². The fourth-order valence-corrected chi connectivity index (χ4v) is 3.36. The molecule has 0 radical (unpaired) electrons. The van der Waals surface area contributed by atoms with E-state index in [1.807, 2.05) is 30.3 Å². The minimum atomic E-state index is -0.356. The van der Waals surface area contributed by atoms with Gasteiger partial charge in [0.1, 0.15) is 11.0 Å². The Bertz CT molecular complexity index is 1140. The summed E-state index contributed by atoms with van der Waals surface area (Å²) >= 11 is 6.39. The predicted molar refractivity (Wildman–Crippen MR) is 108 cm³/mol. The lowest BCUT2D eigenvalue weighted by atomic mass is 10.1. The highest BCUT2D eigenvalue weighted by molar-refractivity contribution is 6.33. The molecule has 0 aliphatic heterocycles. The van der Waals surface area contributed by atoms with Gasteiger partial charge in [-0.2, -0.15) is 10.2 Å². The number of hydrogen-bond donors (Lipinski definition) is 2. The van der Waals surface area contributed by atoms with Crippen molar-refractivity contribution in [1.82, 2.24) is 25.3 Å². The molecule has 0 aliphatic carbocycles. The van der Waals surface area contributed by atoms with Gasteiger partial charge in [0.25, 0.3) is 5.91 Å². The van der Waals surface area contributed by atoms with Gasteiger partial charge in [-0.3, -0.25) is 9.89 Å². The SMILES string of the molecule is Cc1nn(-c2ccc(F)cc2)c(Cl)c1C(=O)NCc1ccc(-c2ccn[nH]2)cc1. The highest BCUT2D eigenvalue weighted by atomic mass is 35.5. The van der Waals surface area contributed by atoms with E-state index in [1.54, 1.807) is 25.3 Å². The average molecular weight is 410 g/mol. The Hall–Kier alpha value is -3.45. The summed E-state index contributed by atoms with van der Waals surface area (Å²) in [7, 11) is 0. The molecule has 4 rings (SSSR count). The lowest BCUT2D eigenvalue weighted by molar-refractivity contribution is 0.0950. The van der Waals surface area contributed by atoms with Gasteiger partial charge in [0.05, 0.1) is 22.6 Å². The van der Waals surface area contributed by atoms with E-state index in [-0.39, 0.29) is 16.9 Å². The van der Waals surface area contributed by atoms with Crippen molar-refractivity contribution in [2.45, 2.75) is 13.5 Å². The van der Waals surface area contributed by atoms with Crippen molar-refractivity contribution >= 4 is 17.5 Å². The number of nitrogens with one attached hydrogen (secondary N) is 2. The van der Waals surface area contributed by atoms with E-state index in [2.05, 4.69) is 20.6 Å². The van der Waals surface area contributed by atoms with Crippen molar-refractivity contribution in [2.24, 2.45) is 0 Å². The molecule has 2 heterocycles. The van der Waals surface area contributed by atoms with Crippen LogP contribution in [0.4, 0.5) is 4.39 Å². The molecule has 0 atom stereocenters. The summed E-state index contributed by atoms with van der Waals surface area (Å²) in [5.74, 6) is -0.677. The minimum Gasteiger partial charge on any atom is -0.348 e. The molecular weight excluding hydrogens is 393 g/mol. The normalized spacial score (nSPS) is 10.9. The predicted octanol–water partition coefficient (Wildman–Crippen LogP) is 4.29. The molecule has 2 N–H and O–H groups in total. The Morgan fingerprint density at radius 2 is 1.86 bits per heavy atom. The Morgan fingerprint density at radius 1 is 1.14 bits per heavy atom. The van der Waals surface area contributed by atoms with Gasteiger partial charge in [-0.1, -0.05) is 35.9 Å². The average Bonchev–Trinajstić information content (AvgIpc) is 3.36. The molecule has 1 amide bonds. The van der Waals surface area contributed by atoms with Crippen molar-refractivity contribution < 1.29 is 9.18 Å². The zero-order valence-corrected chi connectivity index (χ0v) is 16.2. The Kier molecular flexibility index (Phi) is 5.14. The number of aryl methyl sites for hydroxylation is 1. The van der Waals surface area contributed by atoms with Gasteiger partial charge < -0.3 is 5.32 Å². The molecule has 0 aliphatic rings. The maximum absolute atomic E-state index is 13.2. The lowest BCUT2D eigenvalue weighted by Crippen LogP contribution is -2.23. The van der Waals surface area contributed by atoms with E-state index in [0.717, 1.165) is 16.8 Å². The highest BCUT2D eigenvalue weighted by Gasteiger charge is 2.21. The van der Waals surface area contributed by atoms with Gasteiger partial charge in [0.2, 0.25) is 0 Å².